The second-order valence-electron chi connectivity index (χ2n) is 12.6. The number of carbonyl (C=O) groups is 1. The lowest BCUT2D eigenvalue weighted by atomic mass is 9.97. The molecule has 0 spiro atoms. The quantitative estimate of drug-likeness (QED) is 0.0819. The molecule has 0 aliphatic carbocycles. The van der Waals surface area contributed by atoms with Crippen LogP contribution in [0.25, 0.3) is 32.8 Å². The summed E-state index contributed by atoms with van der Waals surface area (Å²) < 4.78 is 34.2. The number of nitrogens with zero attached hydrogens (tertiary/aromatic N) is 3. The highest BCUT2D eigenvalue weighted by Gasteiger charge is 2.28. The van der Waals surface area contributed by atoms with Crippen LogP contribution in [0.2, 0.25) is 0 Å². The molecule has 1 saturated heterocycles. The summed E-state index contributed by atoms with van der Waals surface area (Å²) in [6, 6.07) is 20.7. The molecule has 0 amide bonds. The Balaban J connectivity index is 1.26. The molecule has 0 radical (unpaired) electrons. The van der Waals surface area contributed by atoms with Crippen LogP contribution < -0.4 is 4.74 Å². The zero-order valence-electron chi connectivity index (χ0n) is 28.5. The monoisotopic (exact) mass is 663 g/mol. The first-order chi connectivity index (χ1) is 24.1. The number of para-hydroxylation sites is 1. The largest absolute Gasteiger partial charge is 0.493 e. The number of aromatic nitrogens is 3. The lowest BCUT2D eigenvalue weighted by Gasteiger charge is -2.22. The van der Waals surface area contributed by atoms with E-state index in [0.717, 1.165) is 87.8 Å². The molecule has 0 N–H and O–H groups in total. The van der Waals surface area contributed by atoms with E-state index in [-0.39, 0.29) is 12.3 Å². The molecule has 7 rings (SSSR count). The maximum atomic E-state index is 13.8. The first-order valence-corrected chi connectivity index (χ1v) is 17.6. The van der Waals surface area contributed by atoms with E-state index in [9.17, 15) is 4.79 Å². The van der Waals surface area contributed by atoms with E-state index >= 15 is 0 Å². The molecule has 9 nitrogen and oxygen atoms in total. The van der Waals surface area contributed by atoms with Gasteiger partial charge in [-0.3, -0.25) is 4.68 Å². The average molecular weight is 664 g/mol. The van der Waals surface area contributed by atoms with E-state index in [1.54, 1.807) is 0 Å². The van der Waals surface area contributed by atoms with Crippen LogP contribution in [0.4, 0.5) is 0 Å². The van der Waals surface area contributed by atoms with Crippen LogP contribution in [0.3, 0.4) is 0 Å². The summed E-state index contributed by atoms with van der Waals surface area (Å²) in [7, 11) is 1.97. The maximum absolute atomic E-state index is 13.8. The second-order valence-corrected chi connectivity index (χ2v) is 12.6. The number of hydrogen-bond donors (Lipinski definition) is 0. The number of hydrogen-bond acceptors (Lipinski definition) is 7. The fourth-order valence-corrected chi connectivity index (χ4v) is 7.18. The van der Waals surface area contributed by atoms with Gasteiger partial charge in [0.2, 0.25) is 0 Å². The number of fused-ring (bicyclic) bond motifs is 3. The third-order valence-electron chi connectivity index (χ3n) is 9.43. The van der Waals surface area contributed by atoms with Gasteiger partial charge in [-0.2, -0.15) is 5.10 Å². The standard InChI is InChI=1S/C40H45N3O6/c1-3-46-40(44)39-31(18-12-25-47-35-19-10-14-28-13-4-5-15-29(28)35)30-16-11-17-32-37-33(21-26-49-36-20-6-8-24-48-36)41-42(2)34(37)27-45-23-9-7-22-43(39)38(30)32/h4-5,7,9-11,13-17,19,36H,3,6,8,12,18,20-27H2,1-2H3/b9-7-. The number of ether oxygens (including phenoxy) is 5. The number of allylic oxidation sites excluding steroid dienone is 1. The van der Waals surface area contributed by atoms with Crippen molar-refractivity contribution in [2.75, 3.05) is 33.0 Å². The molecular formula is C40H45N3O6. The Labute approximate surface area is 287 Å². The topological polar surface area (TPSA) is 86.0 Å². The van der Waals surface area contributed by atoms with Crippen LogP contribution in [0.1, 0.15) is 60.0 Å². The summed E-state index contributed by atoms with van der Waals surface area (Å²) in [5.41, 5.74) is 6.53. The van der Waals surface area contributed by atoms with Gasteiger partial charge in [0.25, 0.3) is 0 Å². The molecule has 256 valence electrons. The van der Waals surface area contributed by atoms with E-state index in [1.807, 2.05) is 49.0 Å². The molecule has 0 bridgehead atoms. The zero-order valence-corrected chi connectivity index (χ0v) is 28.5. The summed E-state index contributed by atoms with van der Waals surface area (Å²) in [6.45, 7) is 5.28. The molecule has 2 aromatic heterocycles. The van der Waals surface area contributed by atoms with Crippen LogP contribution in [-0.2, 0) is 52.0 Å². The van der Waals surface area contributed by atoms with Crippen molar-refractivity contribution in [1.82, 2.24) is 14.3 Å². The lowest BCUT2D eigenvalue weighted by molar-refractivity contribution is -0.161. The summed E-state index contributed by atoms with van der Waals surface area (Å²) in [4.78, 5) is 13.8. The minimum absolute atomic E-state index is 0.163. The molecule has 49 heavy (non-hydrogen) atoms. The van der Waals surface area contributed by atoms with E-state index in [1.165, 1.54) is 0 Å². The van der Waals surface area contributed by atoms with Crippen LogP contribution in [0.15, 0.2) is 72.8 Å². The Hall–Kier alpha value is -4.44. The first kappa shape index (κ1) is 33.1. The molecule has 4 heterocycles. The summed E-state index contributed by atoms with van der Waals surface area (Å²) in [6.07, 6.45) is 9.05. The minimum atomic E-state index is -0.318. The Morgan fingerprint density at radius 2 is 1.84 bits per heavy atom. The molecule has 2 aliphatic heterocycles. The van der Waals surface area contributed by atoms with E-state index < -0.39 is 0 Å². The van der Waals surface area contributed by atoms with Crippen molar-refractivity contribution in [3.05, 3.63) is 95.5 Å². The SMILES string of the molecule is CCOC(=O)c1c(CCCOc2cccc3ccccc23)c2cccc3c2n1C/C=C\COCc1c-3c(CCOC2CCCCO2)nn1C. The van der Waals surface area contributed by atoms with Gasteiger partial charge in [0.05, 0.1) is 49.9 Å². The Kier molecular flexibility index (Phi) is 10.4. The normalized spacial score (nSPS) is 17.1. The highest BCUT2D eigenvalue weighted by atomic mass is 16.7. The highest BCUT2D eigenvalue weighted by molar-refractivity contribution is 6.05. The molecule has 5 aromatic rings. The predicted octanol–water partition coefficient (Wildman–Crippen LogP) is 7.56. The van der Waals surface area contributed by atoms with Gasteiger partial charge in [0, 0.05) is 48.5 Å². The van der Waals surface area contributed by atoms with Crippen LogP contribution >= 0.6 is 0 Å². The second kappa shape index (κ2) is 15.4. The molecule has 3 aromatic carbocycles. The molecule has 9 heteroatoms. The summed E-state index contributed by atoms with van der Waals surface area (Å²) in [5, 5.41) is 8.26. The van der Waals surface area contributed by atoms with Crippen LogP contribution in [0, 0.1) is 0 Å². The Morgan fingerprint density at radius 3 is 2.71 bits per heavy atom. The number of benzene rings is 3. The van der Waals surface area contributed by atoms with Gasteiger partial charge < -0.3 is 28.3 Å². The van der Waals surface area contributed by atoms with Crippen molar-refractivity contribution in [2.24, 2.45) is 7.05 Å². The fraction of sp³-hybridized carbons (Fsp3) is 0.400. The molecule has 1 unspecified atom stereocenters. The molecular weight excluding hydrogens is 618 g/mol. The highest BCUT2D eigenvalue weighted by Crippen LogP contribution is 2.39. The van der Waals surface area contributed by atoms with E-state index in [4.69, 9.17) is 28.8 Å². The first-order valence-electron chi connectivity index (χ1n) is 17.6. The van der Waals surface area contributed by atoms with Crippen molar-refractivity contribution in [3.8, 4) is 16.9 Å². The molecule has 1 fully saturated rings. The van der Waals surface area contributed by atoms with Gasteiger partial charge in [0.15, 0.2) is 6.29 Å². The van der Waals surface area contributed by atoms with E-state index in [2.05, 4.69) is 47.0 Å². The summed E-state index contributed by atoms with van der Waals surface area (Å²) >= 11 is 0. The zero-order chi connectivity index (χ0) is 33.6. The van der Waals surface area contributed by atoms with Gasteiger partial charge in [-0.05, 0) is 56.0 Å². The lowest BCUT2D eigenvalue weighted by Crippen LogP contribution is -2.23. The number of aryl methyl sites for hydroxylation is 2. The predicted molar refractivity (Wildman–Crippen MR) is 190 cm³/mol. The van der Waals surface area contributed by atoms with Crippen molar-refractivity contribution >= 4 is 27.6 Å². The average Bonchev–Trinajstić information content (AvgIpc) is 3.60. The van der Waals surface area contributed by atoms with Crippen LogP contribution in [-0.4, -0.2) is 59.6 Å². The molecule has 2 aliphatic rings. The van der Waals surface area contributed by atoms with Crippen molar-refractivity contribution in [1.29, 1.82) is 0 Å². The number of rotatable bonds is 11. The number of carbonyl (C=O) groups excluding carboxylic acids is 1. The van der Waals surface area contributed by atoms with Gasteiger partial charge >= 0.3 is 5.97 Å². The van der Waals surface area contributed by atoms with Gasteiger partial charge in [-0.15, -0.1) is 0 Å². The number of esters is 1. The minimum Gasteiger partial charge on any atom is -0.493 e. The van der Waals surface area contributed by atoms with E-state index in [0.29, 0.717) is 58.1 Å². The maximum Gasteiger partial charge on any atom is 0.355 e. The van der Waals surface area contributed by atoms with Crippen molar-refractivity contribution in [3.63, 3.8) is 0 Å². The van der Waals surface area contributed by atoms with Gasteiger partial charge in [-0.1, -0.05) is 66.7 Å². The Morgan fingerprint density at radius 1 is 0.980 bits per heavy atom. The van der Waals surface area contributed by atoms with Crippen molar-refractivity contribution < 1.29 is 28.5 Å². The van der Waals surface area contributed by atoms with Gasteiger partial charge in [0.1, 0.15) is 11.4 Å². The fourth-order valence-electron chi connectivity index (χ4n) is 7.18. The third-order valence-corrected chi connectivity index (χ3v) is 9.43. The molecule has 1 atom stereocenters. The Bertz CT molecular complexity index is 1950. The molecule has 0 saturated carbocycles. The smallest absolute Gasteiger partial charge is 0.355 e. The van der Waals surface area contributed by atoms with Gasteiger partial charge in [-0.25, -0.2) is 4.79 Å². The van der Waals surface area contributed by atoms with Crippen molar-refractivity contribution in [2.45, 2.75) is 64.9 Å². The summed E-state index contributed by atoms with van der Waals surface area (Å²) in [5.74, 6) is 0.549. The third kappa shape index (κ3) is 7.02. The van der Waals surface area contributed by atoms with Crippen LogP contribution in [0.5, 0.6) is 5.75 Å².